The zero-order valence-electron chi connectivity index (χ0n) is 14.8. The summed E-state index contributed by atoms with van der Waals surface area (Å²) in [5.74, 6) is 1.18. The van der Waals surface area contributed by atoms with Gasteiger partial charge in [0.15, 0.2) is 0 Å². The van der Waals surface area contributed by atoms with E-state index in [1.165, 1.54) is 33.4 Å². The molecule has 3 aromatic carbocycles. The molecule has 0 amide bonds. The molecule has 3 heteroatoms. The summed E-state index contributed by atoms with van der Waals surface area (Å²) in [6, 6.07) is 21.5. The molecular formula is C24H18O3. The summed E-state index contributed by atoms with van der Waals surface area (Å²) in [4.78, 5) is 0. The predicted molar refractivity (Wildman–Crippen MR) is 104 cm³/mol. The number of ether oxygens (including phenoxy) is 2. The lowest BCUT2D eigenvalue weighted by atomic mass is 9.90. The molecule has 132 valence electrons. The van der Waals surface area contributed by atoms with Crippen molar-refractivity contribution in [2.75, 3.05) is 6.61 Å². The minimum atomic E-state index is 0.206. The third kappa shape index (κ3) is 2.32. The fraction of sp³-hybridized carbons (Fsp3) is 0.167. The molecule has 2 aliphatic heterocycles. The average Bonchev–Trinajstić information content (AvgIpc) is 3.44. The molecule has 4 aromatic rings. The summed E-state index contributed by atoms with van der Waals surface area (Å²) < 4.78 is 17.4. The van der Waals surface area contributed by atoms with Crippen molar-refractivity contribution >= 4 is 11.0 Å². The lowest BCUT2D eigenvalue weighted by Gasteiger charge is -2.11. The molecule has 0 aliphatic carbocycles. The van der Waals surface area contributed by atoms with Crippen molar-refractivity contribution in [2.45, 2.75) is 19.1 Å². The van der Waals surface area contributed by atoms with Gasteiger partial charge in [-0.05, 0) is 40.5 Å². The predicted octanol–water partition coefficient (Wildman–Crippen LogP) is 5.65. The van der Waals surface area contributed by atoms with Gasteiger partial charge >= 0.3 is 0 Å². The van der Waals surface area contributed by atoms with Crippen molar-refractivity contribution < 1.29 is 13.9 Å². The Bertz CT molecular complexity index is 1170. The zero-order chi connectivity index (χ0) is 17.8. The van der Waals surface area contributed by atoms with Crippen molar-refractivity contribution in [3.05, 3.63) is 89.2 Å². The monoisotopic (exact) mass is 354 g/mol. The van der Waals surface area contributed by atoms with Gasteiger partial charge in [-0.25, -0.2) is 0 Å². The Labute approximate surface area is 157 Å². The number of benzene rings is 3. The van der Waals surface area contributed by atoms with E-state index in [1.54, 1.807) is 6.26 Å². The van der Waals surface area contributed by atoms with Gasteiger partial charge in [0.2, 0.25) is 0 Å². The van der Waals surface area contributed by atoms with Gasteiger partial charge < -0.3 is 13.9 Å². The highest BCUT2D eigenvalue weighted by Gasteiger charge is 2.28. The van der Waals surface area contributed by atoms with Crippen LogP contribution >= 0.6 is 0 Å². The molecular weight excluding hydrogens is 336 g/mol. The van der Waals surface area contributed by atoms with E-state index in [0.29, 0.717) is 13.2 Å². The molecule has 3 nitrogen and oxygen atoms in total. The SMILES string of the molecule is c1cc(C2COc3cc(-c4ccc5c(c4)COC5)ccc32)c2occc2c1. The number of furan rings is 1. The summed E-state index contributed by atoms with van der Waals surface area (Å²) in [6.07, 6.45) is 1.76. The molecule has 1 unspecified atom stereocenters. The summed E-state index contributed by atoms with van der Waals surface area (Å²) >= 11 is 0. The minimum absolute atomic E-state index is 0.206. The first kappa shape index (κ1) is 15.1. The Morgan fingerprint density at radius 3 is 2.67 bits per heavy atom. The van der Waals surface area contributed by atoms with Gasteiger partial charge in [-0.1, -0.05) is 42.5 Å². The van der Waals surface area contributed by atoms with Crippen LogP contribution in [0.5, 0.6) is 5.75 Å². The maximum absolute atomic E-state index is 6.08. The fourth-order valence-corrected chi connectivity index (χ4v) is 4.29. The normalized spacial score (nSPS) is 17.7. The summed E-state index contributed by atoms with van der Waals surface area (Å²) in [7, 11) is 0. The maximum Gasteiger partial charge on any atom is 0.137 e. The quantitative estimate of drug-likeness (QED) is 0.466. The summed E-state index contributed by atoms with van der Waals surface area (Å²) in [5.41, 5.74) is 8.36. The number of para-hydroxylation sites is 1. The molecule has 1 aromatic heterocycles. The third-order valence-corrected chi connectivity index (χ3v) is 5.73. The van der Waals surface area contributed by atoms with E-state index in [2.05, 4.69) is 54.6 Å². The summed E-state index contributed by atoms with van der Waals surface area (Å²) in [5, 5.41) is 1.14. The van der Waals surface area contributed by atoms with E-state index >= 15 is 0 Å². The standard InChI is InChI=1S/C24H18O3/c1-2-15-8-9-26-24(15)21(3-1)22-14-27-23-11-17(6-7-20(22)23)16-4-5-18-12-25-13-19(18)10-16/h1-11,22H,12-14H2. The van der Waals surface area contributed by atoms with E-state index in [1.807, 2.05) is 6.07 Å². The van der Waals surface area contributed by atoms with Gasteiger partial charge in [-0.15, -0.1) is 0 Å². The van der Waals surface area contributed by atoms with E-state index in [0.717, 1.165) is 23.3 Å². The molecule has 6 rings (SSSR count). The van der Waals surface area contributed by atoms with Crippen LogP contribution in [-0.2, 0) is 18.0 Å². The van der Waals surface area contributed by atoms with Crippen molar-refractivity contribution in [3.63, 3.8) is 0 Å². The van der Waals surface area contributed by atoms with E-state index in [-0.39, 0.29) is 5.92 Å². The molecule has 1 atom stereocenters. The van der Waals surface area contributed by atoms with Crippen LogP contribution in [0.2, 0.25) is 0 Å². The van der Waals surface area contributed by atoms with E-state index in [9.17, 15) is 0 Å². The second-order valence-electron chi connectivity index (χ2n) is 7.28. The van der Waals surface area contributed by atoms with Crippen LogP contribution in [0, 0.1) is 0 Å². The van der Waals surface area contributed by atoms with Crippen LogP contribution in [0.1, 0.15) is 28.2 Å². The molecule has 0 fully saturated rings. The number of hydrogen-bond donors (Lipinski definition) is 0. The van der Waals surface area contributed by atoms with Gasteiger partial charge in [-0.3, -0.25) is 0 Å². The van der Waals surface area contributed by atoms with Gasteiger partial charge in [0, 0.05) is 16.5 Å². The van der Waals surface area contributed by atoms with Gasteiger partial charge in [0.25, 0.3) is 0 Å². The second-order valence-corrected chi connectivity index (χ2v) is 7.28. The highest BCUT2D eigenvalue weighted by Crippen LogP contribution is 2.42. The highest BCUT2D eigenvalue weighted by molar-refractivity contribution is 5.82. The number of fused-ring (bicyclic) bond motifs is 3. The molecule has 0 bridgehead atoms. The van der Waals surface area contributed by atoms with Crippen LogP contribution in [0.3, 0.4) is 0 Å². The average molecular weight is 354 g/mol. The van der Waals surface area contributed by atoms with E-state index in [4.69, 9.17) is 13.9 Å². The first-order valence-corrected chi connectivity index (χ1v) is 9.29. The van der Waals surface area contributed by atoms with Crippen molar-refractivity contribution in [2.24, 2.45) is 0 Å². The Hall–Kier alpha value is -3.04. The molecule has 0 saturated carbocycles. The first-order chi connectivity index (χ1) is 13.4. The topological polar surface area (TPSA) is 31.6 Å². The van der Waals surface area contributed by atoms with Gasteiger partial charge in [0.1, 0.15) is 11.3 Å². The fourth-order valence-electron chi connectivity index (χ4n) is 4.29. The smallest absolute Gasteiger partial charge is 0.137 e. The van der Waals surface area contributed by atoms with Crippen LogP contribution in [0.15, 0.2) is 71.3 Å². The van der Waals surface area contributed by atoms with Crippen LogP contribution < -0.4 is 4.74 Å². The lowest BCUT2D eigenvalue weighted by molar-refractivity contribution is 0.134. The number of rotatable bonds is 2. The van der Waals surface area contributed by atoms with E-state index < -0.39 is 0 Å². The van der Waals surface area contributed by atoms with Gasteiger partial charge in [0.05, 0.1) is 32.0 Å². The summed E-state index contributed by atoms with van der Waals surface area (Å²) in [6.45, 7) is 2.08. The molecule has 3 heterocycles. The molecule has 0 N–H and O–H groups in total. The minimum Gasteiger partial charge on any atom is -0.492 e. The molecule has 0 radical (unpaired) electrons. The Morgan fingerprint density at radius 2 is 1.67 bits per heavy atom. The molecule has 27 heavy (non-hydrogen) atoms. The molecule has 0 spiro atoms. The first-order valence-electron chi connectivity index (χ1n) is 9.29. The lowest BCUT2D eigenvalue weighted by Crippen LogP contribution is -2.02. The highest BCUT2D eigenvalue weighted by atomic mass is 16.5. The van der Waals surface area contributed by atoms with Crippen molar-refractivity contribution in [1.82, 2.24) is 0 Å². The molecule has 0 saturated heterocycles. The van der Waals surface area contributed by atoms with Crippen LogP contribution in [0.25, 0.3) is 22.1 Å². The number of hydrogen-bond acceptors (Lipinski definition) is 3. The Morgan fingerprint density at radius 1 is 0.778 bits per heavy atom. The van der Waals surface area contributed by atoms with Crippen LogP contribution in [0.4, 0.5) is 0 Å². The zero-order valence-corrected chi connectivity index (χ0v) is 14.8. The third-order valence-electron chi connectivity index (χ3n) is 5.73. The maximum atomic E-state index is 6.08. The second kappa shape index (κ2) is 5.73. The van der Waals surface area contributed by atoms with Crippen molar-refractivity contribution in [3.8, 4) is 16.9 Å². The van der Waals surface area contributed by atoms with Gasteiger partial charge in [-0.2, -0.15) is 0 Å². The molecule has 2 aliphatic rings. The Kier molecular flexibility index (Phi) is 3.20. The van der Waals surface area contributed by atoms with Crippen LogP contribution in [-0.4, -0.2) is 6.61 Å². The largest absolute Gasteiger partial charge is 0.492 e. The van der Waals surface area contributed by atoms with Crippen molar-refractivity contribution in [1.29, 1.82) is 0 Å². The Balaban J connectivity index is 1.40.